The number of rotatable bonds is 11. The number of ether oxygens (including phenoxy) is 4. The molecule has 18 nitrogen and oxygen atoms in total. The van der Waals surface area contributed by atoms with E-state index in [1.54, 1.807) is 24.3 Å². The Morgan fingerprint density at radius 2 is 1.72 bits per heavy atom. The molecule has 2 aliphatic carbocycles. The van der Waals surface area contributed by atoms with E-state index in [9.17, 15) is 54.3 Å². The highest BCUT2D eigenvalue weighted by Gasteiger charge is 2.50. The van der Waals surface area contributed by atoms with Crippen molar-refractivity contribution in [2.45, 2.75) is 87.9 Å². The molecular weight excluding hydrogens is 786 g/mol. The Kier molecular flexibility index (Phi) is 11.9. The summed E-state index contributed by atoms with van der Waals surface area (Å²) in [6, 6.07) is 11.3. The number of amides is 3. The molecule has 3 aromatic rings. The maximum absolute atomic E-state index is 14.0. The van der Waals surface area contributed by atoms with E-state index in [1.807, 2.05) is 6.07 Å². The van der Waals surface area contributed by atoms with Gasteiger partial charge in [-0.05, 0) is 31.4 Å². The third-order valence-corrected chi connectivity index (χ3v) is 11.6. The van der Waals surface area contributed by atoms with Gasteiger partial charge in [-0.15, -0.1) is 0 Å². The monoisotopic (exact) mass is 831 g/mol. The summed E-state index contributed by atoms with van der Waals surface area (Å²) in [7, 11) is 1.30. The highest BCUT2D eigenvalue weighted by atomic mass is 16.7. The zero-order valence-electron chi connectivity index (χ0n) is 32.7. The number of alkyl carbamates (subject to hydrolysis) is 1. The molecule has 2 aliphatic heterocycles. The van der Waals surface area contributed by atoms with Crippen molar-refractivity contribution in [1.82, 2.24) is 15.5 Å². The van der Waals surface area contributed by atoms with Crippen molar-refractivity contribution in [2.75, 3.05) is 26.8 Å². The zero-order chi connectivity index (χ0) is 43.0. The van der Waals surface area contributed by atoms with Gasteiger partial charge in [0.05, 0.1) is 42.0 Å². The molecule has 0 spiro atoms. The van der Waals surface area contributed by atoms with E-state index in [0.29, 0.717) is 12.8 Å². The average molecular weight is 832 g/mol. The minimum absolute atomic E-state index is 0.00195. The molecule has 7 N–H and O–H groups in total. The summed E-state index contributed by atoms with van der Waals surface area (Å²) in [5.74, 6) is -5.34. The molecule has 0 unspecified atom stereocenters. The second kappa shape index (κ2) is 17.0. The third kappa shape index (κ3) is 7.79. The Hall–Kier alpha value is -5.92. The number of phenolic OH excluding ortho intramolecular Hbond substituents is 2. The molecule has 2 saturated heterocycles. The Balaban J connectivity index is 1.09. The van der Waals surface area contributed by atoms with Gasteiger partial charge in [0.1, 0.15) is 54.8 Å². The van der Waals surface area contributed by atoms with Crippen molar-refractivity contribution in [2.24, 2.45) is 0 Å². The lowest BCUT2D eigenvalue weighted by molar-refractivity contribution is -0.249. The SMILES string of the molecule is COc1cccc2c1C(=O)c1c(O)c3c(c(O)c1C2=O)C[C@@](O)(C(=O)CO)C[C@@H]3O[C@H]1C[C@H](NC(=O)[C@@H]2CCCN2C(=O)CNC(=O)OCc2ccccc2)[C@@H](O)[C@H](C)O1. The van der Waals surface area contributed by atoms with Crippen molar-refractivity contribution in [3.63, 3.8) is 0 Å². The van der Waals surface area contributed by atoms with Crippen LogP contribution in [-0.4, -0.2) is 129 Å². The summed E-state index contributed by atoms with van der Waals surface area (Å²) >= 11 is 0. The summed E-state index contributed by atoms with van der Waals surface area (Å²) in [5, 5.41) is 61.2. The predicted octanol–water partition coefficient (Wildman–Crippen LogP) is 1.08. The van der Waals surface area contributed by atoms with Crippen LogP contribution in [0, 0.1) is 0 Å². The molecule has 0 aromatic heterocycles. The molecule has 7 rings (SSSR count). The van der Waals surface area contributed by atoms with Crippen LogP contribution in [0.4, 0.5) is 4.79 Å². The number of nitrogens with one attached hydrogen (secondary N) is 2. The molecule has 18 heteroatoms. The van der Waals surface area contributed by atoms with Crippen molar-refractivity contribution in [3.8, 4) is 17.2 Å². The fourth-order valence-corrected chi connectivity index (χ4v) is 8.50. The van der Waals surface area contributed by atoms with Gasteiger partial charge in [-0.1, -0.05) is 42.5 Å². The normalized spacial score (nSPS) is 25.7. The van der Waals surface area contributed by atoms with Crippen LogP contribution >= 0.6 is 0 Å². The van der Waals surface area contributed by atoms with Crippen LogP contribution in [0.2, 0.25) is 0 Å². The summed E-state index contributed by atoms with van der Waals surface area (Å²) in [4.78, 5) is 81.2. The lowest BCUT2D eigenvalue weighted by Gasteiger charge is -2.43. The smallest absolute Gasteiger partial charge is 0.407 e. The Bertz CT molecular complexity index is 2230. The van der Waals surface area contributed by atoms with E-state index in [1.165, 1.54) is 37.1 Å². The van der Waals surface area contributed by atoms with Gasteiger partial charge in [-0.3, -0.25) is 24.0 Å². The Labute approximate surface area is 343 Å². The van der Waals surface area contributed by atoms with Gasteiger partial charge in [-0.2, -0.15) is 0 Å². The number of ketones is 3. The lowest BCUT2D eigenvalue weighted by Crippen LogP contribution is -2.58. The van der Waals surface area contributed by atoms with Gasteiger partial charge in [-0.25, -0.2) is 4.79 Å². The van der Waals surface area contributed by atoms with Gasteiger partial charge < -0.3 is 60.0 Å². The fourth-order valence-electron chi connectivity index (χ4n) is 8.50. The number of phenols is 2. The largest absolute Gasteiger partial charge is 0.507 e. The number of carbonyl (C=O) groups is 6. The van der Waals surface area contributed by atoms with E-state index < -0.39 is 126 Å². The van der Waals surface area contributed by atoms with E-state index in [2.05, 4.69) is 10.6 Å². The number of aliphatic hydroxyl groups is 3. The van der Waals surface area contributed by atoms with Crippen molar-refractivity contribution < 1.29 is 73.2 Å². The molecule has 4 aliphatic rings. The van der Waals surface area contributed by atoms with E-state index in [-0.39, 0.29) is 47.6 Å². The minimum atomic E-state index is -2.38. The van der Waals surface area contributed by atoms with Crippen LogP contribution in [0.15, 0.2) is 48.5 Å². The standard InChI is InChI=1S/C42H45N3O15/c1-20-35(49)24(44-40(54)25-11-7-13-45(25)29(48)17-43-41(55)58-19-21-8-4-3-5-9-21)14-30(59-20)60-27-16-42(56,28(47)18-46)15-23-32(27)39(53)34-33(37(23)51)36(50)22-10-6-12-26(57-2)31(22)38(34)52/h3-6,8-10,12,20,24-25,27,30,35,46,49,51,53,56H,7,11,13-19H2,1-2H3,(H,43,55)(H,44,54)/t20-,24-,25-,27-,30-,35-,42-/m0/s1. The second-order valence-electron chi connectivity index (χ2n) is 15.3. The highest BCUT2D eigenvalue weighted by Crippen LogP contribution is 2.52. The highest BCUT2D eigenvalue weighted by molar-refractivity contribution is 6.31. The van der Waals surface area contributed by atoms with Crippen LogP contribution in [0.3, 0.4) is 0 Å². The molecule has 0 radical (unpaired) electrons. The number of likely N-dealkylation sites (tertiary alicyclic amines) is 1. The van der Waals surface area contributed by atoms with Crippen LogP contribution < -0.4 is 15.4 Å². The molecule has 0 bridgehead atoms. The second-order valence-corrected chi connectivity index (χ2v) is 15.3. The molecule has 2 fully saturated rings. The number of aliphatic hydroxyl groups excluding tert-OH is 2. The van der Waals surface area contributed by atoms with Gasteiger partial charge in [0.15, 0.2) is 17.9 Å². The van der Waals surface area contributed by atoms with Crippen molar-refractivity contribution in [3.05, 3.63) is 87.5 Å². The summed E-state index contributed by atoms with van der Waals surface area (Å²) in [6.07, 6.45) is -6.64. The van der Waals surface area contributed by atoms with Gasteiger partial charge in [0.2, 0.25) is 17.6 Å². The number of hydrogen-bond acceptors (Lipinski definition) is 15. The number of carbonyl (C=O) groups excluding carboxylic acids is 6. The molecule has 3 aromatic carbocycles. The first-order valence-corrected chi connectivity index (χ1v) is 19.4. The fraction of sp³-hybridized carbons (Fsp3) is 0.429. The van der Waals surface area contributed by atoms with E-state index in [0.717, 1.165) is 5.56 Å². The molecular formula is C42H45N3O15. The molecule has 318 valence electrons. The number of hydrogen-bond donors (Lipinski definition) is 7. The van der Waals surface area contributed by atoms with Crippen LogP contribution in [-0.2, 0) is 41.6 Å². The van der Waals surface area contributed by atoms with Gasteiger partial charge in [0.25, 0.3) is 0 Å². The molecule has 0 saturated carbocycles. The maximum Gasteiger partial charge on any atom is 0.407 e. The van der Waals surface area contributed by atoms with Gasteiger partial charge in [0, 0.05) is 42.5 Å². The summed E-state index contributed by atoms with van der Waals surface area (Å²) < 4.78 is 22.7. The summed E-state index contributed by atoms with van der Waals surface area (Å²) in [6.45, 7) is 0.205. The topological polar surface area (TPSA) is 268 Å². The number of aromatic hydroxyl groups is 2. The van der Waals surface area contributed by atoms with Crippen LogP contribution in [0.5, 0.6) is 17.2 Å². The number of Topliss-reactive ketones (excluding diaryl/α,β-unsaturated/α-hetero) is 1. The Morgan fingerprint density at radius 1 is 0.983 bits per heavy atom. The van der Waals surface area contributed by atoms with Crippen LogP contribution in [0.25, 0.3) is 0 Å². The predicted molar refractivity (Wildman–Crippen MR) is 205 cm³/mol. The van der Waals surface area contributed by atoms with Crippen molar-refractivity contribution in [1.29, 1.82) is 0 Å². The van der Waals surface area contributed by atoms with Gasteiger partial charge >= 0.3 is 6.09 Å². The van der Waals surface area contributed by atoms with E-state index >= 15 is 0 Å². The first kappa shape index (κ1) is 42.2. The minimum Gasteiger partial charge on any atom is -0.507 e. The first-order valence-electron chi connectivity index (χ1n) is 19.4. The first-order chi connectivity index (χ1) is 28.7. The third-order valence-electron chi connectivity index (χ3n) is 11.6. The number of benzene rings is 3. The number of nitrogens with zero attached hydrogens (tertiary/aromatic N) is 1. The molecule has 3 amide bonds. The maximum atomic E-state index is 14.0. The molecule has 7 atom stereocenters. The Morgan fingerprint density at radius 3 is 2.43 bits per heavy atom. The summed E-state index contributed by atoms with van der Waals surface area (Å²) in [5.41, 5.74) is -3.48. The lowest BCUT2D eigenvalue weighted by atomic mass is 9.72. The zero-order valence-corrected chi connectivity index (χ0v) is 32.7. The van der Waals surface area contributed by atoms with Crippen molar-refractivity contribution >= 4 is 35.3 Å². The molecule has 60 heavy (non-hydrogen) atoms. The number of methoxy groups -OCH3 is 1. The number of fused-ring (bicyclic) bond motifs is 3. The average Bonchev–Trinajstić information content (AvgIpc) is 3.74. The molecule has 2 heterocycles. The van der Waals surface area contributed by atoms with Crippen LogP contribution in [0.1, 0.15) is 87.2 Å². The van der Waals surface area contributed by atoms with E-state index in [4.69, 9.17) is 18.9 Å². The quantitative estimate of drug-likeness (QED) is 0.104.